The van der Waals surface area contributed by atoms with Crippen LogP contribution in [-0.2, 0) is 6.42 Å². The molecule has 0 bridgehead atoms. The van der Waals surface area contributed by atoms with Crippen molar-refractivity contribution < 1.29 is 4.39 Å². The zero-order valence-electron chi connectivity index (χ0n) is 9.98. The first-order chi connectivity index (χ1) is 8.03. The molecule has 1 atom stereocenters. The molecule has 0 aliphatic heterocycles. The number of hydrogen-bond acceptors (Lipinski definition) is 0. The smallest absolute Gasteiger partial charge is 0.127 e. The number of alkyl halides is 1. The van der Waals surface area contributed by atoms with Crippen molar-refractivity contribution in [2.75, 3.05) is 0 Å². The lowest BCUT2D eigenvalue weighted by atomic mass is 9.82. The topological polar surface area (TPSA) is 0 Å². The van der Waals surface area contributed by atoms with Gasteiger partial charge in [-0.3, -0.25) is 0 Å². The maximum absolute atomic E-state index is 13.7. The van der Waals surface area contributed by atoms with Gasteiger partial charge in [0.05, 0.1) is 0 Å². The van der Waals surface area contributed by atoms with Crippen molar-refractivity contribution in [3.63, 3.8) is 0 Å². The van der Waals surface area contributed by atoms with Gasteiger partial charge in [-0.25, -0.2) is 4.39 Å². The molecular formula is C14H17Cl2F. The molecule has 0 aromatic heterocycles. The van der Waals surface area contributed by atoms with Crippen molar-refractivity contribution in [3.05, 3.63) is 34.6 Å². The molecule has 0 nitrogen and oxygen atoms in total. The molecule has 0 amide bonds. The lowest BCUT2D eigenvalue weighted by molar-refractivity contribution is 0.314. The minimum absolute atomic E-state index is 0.0422. The van der Waals surface area contributed by atoms with E-state index in [1.54, 1.807) is 12.1 Å². The van der Waals surface area contributed by atoms with Gasteiger partial charge in [-0.15, -0.1) is 11.6 Å². The molecule has 1 unspecified atom stereocenters. The molecule has 1 saturated carbocycles. The summed E-state index contributed by atoms with van der Waals surface area (Å²) in [5.41, 5.74) is 0.690. The van der Waals surface area contributed by atoms with E-state index in [2.05, 4.69) is 6.92 Å². The molecule has 0 saturated heterocycles. The molecule has 94 valence electrons. The predicted molar refractivity (Wildman–Crippen MR) is 71.3 cm³/mol. The molecule has 1 aromatic carbocycles. The third-order valence-corrected chi connectivity index (χ3v) is 4.98. The zero-order valence-corrected chi connectivity index (χ0v) is 11.5. The second-order valence-electron chi connectivity index (χ2n) is 5.23. The third-order valence-electron chi connectivity index (χ3n) is 3.95. The summed E-state index contributed by atoms with van der Waals surface area (Å²) in [6, 6.07) is 4.80. The van der Waals surface area contributed by atoms with E-state index in [-0.39, 0.29) is 16.6 Å². The van der Waals surface area contributed by atoms with Gasteiger partial charge in [0.15, 0.2) is 0 Å². The number of hydrogen-bond donors (Lipinski definition) is 0. The lowest BCUT2D eigenvalue weighted by Gasteiger charge is -2.29. The van der Waals surface area contributed by atoms with Crippen LogP contribution < -0.4 is 0 Å². The van der Waals surface area contributed by atoms with Gasteiger partial charge < -0.3 is 0 Å². The average Bonchev–Trinajstić information content (AvgIpc) is 2.72. The van der Waals surface area contributed by atoms with Gasteiger partial charge in [-0.1, -0.05) is 37.4 Å². The minimum atomic E-state index is -0.246. The molecule has 0 heterocycles. The van der Waals surface area contributed by atoms with Gasteiger partial charge >= 0.3 is 0 Å². The third kappa shape index (κ3) is 2.77. The van der Waals surface area contributed by atoms with Crippen LogP contribution in [0.2, 0.25) is 5.02 Å². The molecule has 1 aromatic rings. The van der Waals surface area contributed by atoms with Crippen LogP contribution in [0.25, 0.3) is 0 Å². The van der Waals surface area contributed by atoms with Crippen molar-refractivity contribution >= 4 is 23.2 Å². The maximum Gasteiger partial charge on any atom is 0.127 e. The van der Waals surface area contributed by atoms with Gasteiger partial charge in [0.1, 0.15) is 5.82 Å². The highest BCUT2D eigenvalue weighted by Crippen LogP contribution is 2.44. The molecule has 1 aliphatic carbocycles. The van der Waals surface area contributed by atoms with E-state index in [4.69, 9.17) is 23.2 Å². The normalized spacial score (nSPS) is 20.5. The Bertz CT molecular complexity index is 377. The van der Waals surface area contributed by atoms with Gasteiger partial charge in [0.25, 0.3) is 0 Å². The molecule has 0 radical (unpaired) electrons. The van der Waals surface area contributed by atoms with Gasteiger partial charge in [-0.2, -0.15) is 0 Å². The Kier molecular flexibility index (Phi) is 3.99. The molecule has 2 rings (SSSR count). The van der Waals surface area contributed by atoms with Crippen LogP contribution in [0, 0.1) is 11.2 Å². The lowest BCUT2D eigenvalue weighted by Crippen LogP contribution is -2.27. The summed E-state index contributed by atoms with van der Waals surface area (Å²) in [7, 11) is 0. The Morgan fingerprint density at radius 1 is 1.35 bits per heavy atom. The summed E-state index contributed by atoms with van der Waals surface area (Å²) in [5.74, 6) is -0.246. The minimum Gasteiger partial charge on any atom is -0.207 e. The summed E-state index contributed by atoms with van der Waals surface area (Å²) < 4.78 is 13.7. The zero-order chi connectivity index (χ0) is 12.5. The first-order valence-electron chi connectivity index (χ1n) is 6.10. The molecule has 0 N–H and O–H groups in total. The van der Waals surface area contributed by atoms with E-state index < -0.39 is 0 Å². The van der Waals surface area contributed by atoms with Crippen LogP contribution in [0.15, 0.2) is 18.2 Å². The highest BCUT2D eigenvalue weighted by atomic mass is 35.5. The van der Waals surface area contributed by atoms with Crippen molar-refractivity contribution in [1.82, 2.24) is 0 Å². The Hall–Kier alpha value is -0.270. The predicted octanol–water partition coefficient (Wildman–Crippen LogP) is 5.21. The van der Waals surface area contributed by atoms with E-state index in [1.807, 2.05) is 0 Å². The van der Waals surface area contributed by atoms with Crippen LogP contribution >= 0.6 is 23.2 Å². The Labute approximate surface area is 112 Å². The van der Waals surface area contributed by atoms with E-state index >= 15 is 0 Å². The summed E-state index contributed by atoms with van der Waals surface area (Å²) >= 11 is 12.5. The highest BCUT2D eigenvalue weighted by molar-refractivity contribution is 6.31. The van der Waals surface area contributed by atoms with Crippen molar-refractivity contribution in [1.29, 1.82) is 0 Å². The molecular weight excluding hydrogens is 258 g/mol. The number of rotatable bonds is 3. The monoisotopic (exact) mass is 274 g/mol. The quantitative estimate of drug-likeness (QED) is 0.664. The fraction of sp³-hybridized carbons (Fsp3) is 0.571. The second-order valence-corrected chi connectivity index (χ2v) is 6.17. The number of halogens is 3. The molecule has 17 heavy (non-hydrogen) atoms. The SMILES string of the molecule is CC1(C(Cl)Cc2c(F)cccc2Cl)CCCC1. The van der Waals surface area contributed by atoms with Crippen LogP contribution in [0.3, 0.4) is 0 Å². The van der Waals surface area contributed by atoms with Crippen molar-refractivity contribution in [2.24, 2.45) is 5.41 Å². The summed E-state index contributed by atoms with van der Waals surface area (Å²) in [5, 5.41) is 0.441. The standard InChI is InChI=1S/C14H17Cl2F/c1-14(7-2-3-8-14)13(16)9-10-11(15)5-4-6-12(10)17/h4-6,13H,2-3,7-9H2,1H3. The van der Waals surface area contributed by atoms with Crippen LogP contribution in [0.4, 0.5) is 4.39 Å². The first-order valence-corrected chi connectivity index (χ1v) is 6.91. The van der Waals surface area contributed by atoms with E-state index in [9.17, 15) is 4.39 Å². The van der Waals surface area contributed by atoms with Crippen LogP contribution in [0.1, 0.15) is 38.2 Å². The molecule has 1 aliphatic rings. The van der Waals surface area contributed by atoms with Gasteiger partial charge in [0.2, 0.25) is 0 Å². The fourth-order valence-corrected chi connectivity index (χ4v) is 3.26. The Balaban J connectivity index is 2.15. The molecule has 3 heteroatoms. The molecule has 0 spiro atoms. The van der Waals surface area contributed by atoms with Crippen LogP contribution in [-0.4, -0.2) is 5.38 Å². The van der Waals surface area contributed by atoms with E-state index in [0.29, 0.717) is 17.0 Å². The van der Waals surface area contributed by atoms with Crippen molar-refractivity contribution in [2.45, 2.75) is 44.4 Å². The Morgan fingerprint density at radius 3 is 2.59 bits per heavy atom. The van der Waals surface area contributed by atoms with Crippen LogP contribution in [0.5, 0.6) is 0 Å². The maximum atomic E-state index is 13.7. The summed E-state index contributed by atoms with van der Waals surface area (Å²) in [4.78, 5) is 0. The van der Waals surface area contributed by atoms with Gasteiger partial charge in [0, 0.05) is 16.0 Å². The largest absolute Gasteiger partial charge is 0.207 e. The van der Waals surface area contributed by atoms with E-state index in [1.165, 1.54) is 18.9 Å². The van der Waals surface area contributed by atoms with Gasteiger partial charge in [-0.05, 0) is 36.8 Å². The first kappa shape index (κ1) is 13.2. The van der Waals surface area contributed by atoms with E-state index in [0.717, 1.165) is 12.8 Å². The summed E-state index contributed by atoms with van der Waals surface area (Å²) in [6.45, 7) is 2.20. The highest BCUT2D eigenvalue weighted by Gasteiger charge is 2.36. The Morgan fingerprint density at radius 2 is 2.00 bits per heavy atom. The molecule has 1 fully saturated rings. The second kappa shape index (κ2) is 5.16. The average molecular weight is 275 g/mol. The number of benzene rings is 1. The summed E-state index contributed by atoms with van der Waals surface area (Å²) in [6.07, 6.45) is 5.24. The van der Waals surface area contributed by atoms with Crippen molar-refractivity contribution in [3.8, 4) is 0 Å². The fourth-order valence-electron chi connectivity index (χ4n) is 2.65.